The maximum atomic E-state index is 4.56. The Bertz CT molecular complexity index is 400. The maximum absolute atomic E-state index is 4.56. The van der Waals surface area contributed by atoms with E-state index in [1.807, 2.05) is 6.20 Å². The second-order valence-electron chi connectivity index (χ2n) is 5.73. The van der Waals surface area contributed by atoms with Crippen LogP contribution in [0.1, 0.15) is 50.3 Å². The van der Waals surface area contributed by atoms with Crippen molar-refractivity contribution in [1.82, 2.24) is 9.88 Å². The fraction of sp³-hybridized carbons (Fsp3) is 0.667. The number of fused-ring (bicyclic) bond motifs is 3. The number of hydrogen-bond donors (Lipinski definition) is 0. The highest BCUT2D eigenvalue weighted by Crippen LogP contribution is 2.40. The summed E-state index contributed by atoms with van der Waals surface area (Å²) in [6.45, 7) is 5.96. The van der Waals surface area contributed by atoms with Crippen LogP contribution in [0.4, 0.5) is 0 Å². The predicted octanol–water partition coefficient (Wildman–Crippen LogP) is 2.98. The van der Waals surface area contributed by atoms with E-state index in [1.54, 1.807) is 0 Å². The van der Waals surface area contributed by atoms with E-state index in [2.05, 4.69) is 35.9 Å². The molecule has 3 rings (SSSR count). The Kier molecular flexibility index (Phi) is 2.91. The predicted molar refractivity (Wildman–Crippen MR) is 70.2 cm³/mol. The van der Waals surface area contributed by atoms with Crippen molar-refractivity contribution in [3.63, 3.8) is 0 Å². The van der Waals surface area contributed by atoms with Crippen LogP contribution < -0.4 is 0 Å². The molecule has 1 saturated heterocycles. The summed E-state index contributed by atoms with van der Waals surface area (Å²) in [7, 11) is 0. The molecule has 1 aromatic heterocycles. The fourth-order valence-corrected chi connectivity index (χ4v) is 3.74. The van der Waals surface area contributed by atoms with Gasteiger partial charge in [-0.2, -0.15) is 0 Å². The Balaban J connectivity index is 1.93. The van der Waals surface area contributed by atoms with Crippen molar-refractivity contribution in [3.8, 4) is 0 Å². The van der Waals surface area contributed by atoms with Crippen LogP contribution in [0.5, 0.6) is 0 Å². The number of piperidine rings is 1. The van der Waals surface area contributed by atoms with Gasteiger partial charge in [0.05, 0.1) is 0 Å². The number of aryl methyl sites for hydroxylation is 1. The maximum Gasteiger partial charge on any atom is 0.0439 e. The van der Waals surface area contributed by atoms with Gasteiger partial charge in [0.25, 0.3) is 0 Å². The van der Waals surface area contributed by atoms with Crippen molar-refractivity contribution in [2.45, 2.75) is 57.5 Å². The zero-order valence-electron chi connectivity index (χ0n) is 10.9. The van der Waals surface area contributed by atoms with Crippen LogP contribution in [-0.2, 0) is 6.42 Å². The van der Waals surface area contributed by atoms with E-state index in [9.17, 15) is 0 Å². The van der Waals surface area contributed by atoms with Crippen molar-refractivity contribution in [2.75, 3.05) is 6.54 Å². The van der Waals surface area contributed by atoms with Gasteiger partial charge < -0.3 is 0 Å². The summed E-state index contributed by atoms with van der Waals surface area (Å²) in [5.41, 5.74) is 2.90. The minimum Gasteiger partial charge on any atom is -0.297 e. The van der Waals surface area contributed by atoms with E-state index < -0.39 is 0 Å². The van der Waals surface area contributed by atoms with Crippen LogP contribution in [0, 0.1) is 0 Å². The van der Waals surface area contributed by atoms with Crippen LogP contribution in [-0.4, -0.2) is 28.5 Å². The van der Waals surface area contributed by atoms with Crippen molar-refractivity contribution >= 4 is 0 Å². The molecule has 0 saturated carbocycles. The Labute approximate surface area is 104 Å². The summed E-state index contributed by atoms with van der Waals surface area (Å²) in [5.74, 6) is 0.739. The van der Waals surface area contributed by atoms with Crippen LogP contribution in [0.2, 0.25) is 0 Å². The van der Waals surface area contributed by atoms with E-state index in [0.29, 0.717) is 6.04 Å². The Morgan fingerprint density at radius 1 is 1.35 bits per heavy atom. The molecule has 1 aromatic rings. The summed E-state index contributed by atoms with van der Waals surface area (Å²) < 4.78 is 0. The molecule has 2 heterocycles. The third-order valence-electron chi connectivity index (χ3n) is 4.49. The van der Waals surface area contributed by atoms with Gasteiger partial charge >= 0.3 is 0 Å². The average Bonchev–Trinajstić information content (AvgIpc) is 2.37. The van der Waals surface area contributed by atoms with Gasteiger partial charge in [-0.15, -0.1) is 0 Å². The average molecular weight is 230 g/mol. The van der Waals surface area contributed by atoms with Crippen LogP contribution in [0.3, 0.4) is 0 Å². The molecule has 0 unspecified atom stereocenters. The highest BCUT2D eigenvalue weighted by atomic mass is 15.2. The quantitative estimate of drug-likeness (QED) is 0.737. The topological polar surface area (TPSA) is 16.1 Å². The molecule has 1 aliphatic carbocycles. The molecule has 1 fully saturated rings. The fourth-order valence-electron chi connectivity index (χ4n) is 3.74. The van der Waals surface area contributed by atoms with Gasteiger partial charge in [-0.25, -0.2) is 0 Å². The molecule has 0 bridgehead atoms. The van der Waals surface area contributed by atoms with Crippen LogP contribution >= 0.6 is 0 Å². The number of aromatic nitrogens is 1. The van der Waals surface area contributed by atoms with Crippen LogP contribution in [0.15, 0.2) is 18.3 Å². The minimum atomic E-state index is 0.682. The number of rotatable bonds is 1. The molecule has 1 aliphatic heterocycles. The van der Waals surface area contributed by atoms with Gasteiger partial charge in [0.15, 0.2) is 0 Å². The standard InChI is InChI=1S/C15H22N2/c1-11(2)17-10-4-6-13-12-5-3-9-16-14(12)7-8-15(13)17/h3,5,9,11,13,15H,4,6-8,10H2,1-2H3/t13-,15+/m1/s1. The molecule has 2 atom stereocenters. The van der Waals surface area contributed by atoms with Crippen molar-refractivity contribution in [3.05, 3.63) is 29.6 Å². The molecule has 0 amide bonds. The van der Waals surface area contributed by atoms with Gasteiger partial charge in [-0.1, -0.05) is 6.07 Å². The molecule has 0 aromatic carbocycles. The summed E-state index contributed by atoms with van der Waals surface area (Å²) in [5, 5.41) is 0. The zero-order valence-corrected chi connectivity index (χ0v) is 10.9. The smallest absolute Gasteiger partial charge is 0.0439 e. The van der Waals surface area contributed by atoms with E-state index in [0.717, 1.165) is 12.0 Å². The summed E-state index contributed by atoms with van der Waals surface area (Å²) in [6, 6.07) is 5.86. The van der Waals surface area contributed by atoms with E-state index in [1.165, 1.54) is 43.5 Å². The van der Waals surface area contributed by atoms with Crippen molar-refractivity contribution < 1.29 is 0 Å². The molecular formula is C15H22N2. The molecular weight excluding hydrogens is 208 g/mol. The van der Waals surface area contributed by atoms with Gasteiger partial charge in [0.2, 0.25) is 0 Å². The van der Waals surface area contributed by atoms with E-state index in [4.69, 9.17) is 0 Å². The number of hydrogen-bond acceptors (Lipinski definition) is 2. The lowest BCUT2D eigenvalue weighted by molar-refractivity contribution is 0.0810. The molecule has 0 N–H and O–H groups in total. The summed E-state index contributed by atoms with van der Waals surface area (Å²) in [6.07, 6.45) is 7.11. The third kappa shape index (κ3) is 1.89. The highest BCUT2D eigenvalue weighted by Gasteiger charge is 2.37. The SMILES string of the molecule is CC(C)N1CCC[C@@H]2c3cccnc3CC[C@@H]21. The van der Waals surface area contributed by atoms with Crippen molar-refractivity contribution in [2.24, 2.45) is 0 Å². The minimum absolute atomic E-state index is 0.682. The molecule has 2 heteroatoms. The van der Waals surface area contributed by atoms with Gasteiger partial charge in [0, 0.05) is 29.9 Å². The first-order chi connectivity index (χ1) is 8.27. The van der Waals surface area contributed by atoms with E-state index in [-0.39, 0.29) is 0 Å². The summed E-state index contributed by atoms with van der Waals surface area (Å²) >= 11 is 0. The van der Waals surface area contributed by atoms with Gasteiger partial charge in [-0.05, 0) is 57.7 Å². The number of pyridine rings is 1. The molecule has 0 radical (unpaired) electrons. The first-order valence-corrected chi connectivity index (χ1v) is 6.97. The zero-order chi connectivity index (χ0) is 11.8. The largest absolute Gasteiger partial charge is 0.297 e. The van der Waals surface area contributed by atoms with Crippen LogP contribution in [0.25, 0.3) is 0 Å². The molecule has 2 aliphatic rings. The first kappa shape index (κ1) is 11.2. The second kappa shape index (κ2) is 4.41. The molecule has 2 nitrogen and oxygen atoms in total. The first-order valence-electron chi connectivity index (χ1n) is 6.97. The second-order valence-corrected chi connectivity index (χ2v) is 5.73. The lowest BCUT2D eigenvalue weighted by Gasteiger charge is -2.46. The van der Waals surface area contributed by atoms with Gasteiger partial charge in [0.1, 0.15) is 0 Å². The van der Waals surface area contributed by atoms with E-state index >= 15 is 0 Å². The van der Waals surface area contributed by atoms with Gasteiger partial charge in [-0.3, -0.25) is 9.88 Å². The highest BCUT2D eigenvalue weighted by molar-refractivity contribution is 5.29. The monoisotopic (exact) mass is 230 g/mol. The Hall–Kier alpha value is -0.890. The molecule has 17 heavy (non-hydrogen) atoms. The summed E-state index contributed by atoms with van der Waals surface area (Å²) in [4.78, 5) is 7.27. The molecule has 0 spiro atoms. The lowest BCUT2D eigenvalue weighted by atomic mass is 9.75. The lowest BCUT2D eigenvalue weighted by Crippen LogP contribution is -2.49. The van der Waals surface area contributed by atoms with Crippen molar-refractivity contribution in [1.29, 1.82) is 0 Å². The Morgan fingerprint density at radius 2 is 2.24 bits per heavy atom. The Morgan fingerprint density at radius 3 is 3.06 bits per heavy atom. The normalized spacial score (nSPS) is 28.9. The number of likely N-dealkylation sites (tertiary alicyclic amines) is 1. The number of nitrogens with zero attached hydrogens (tertiary/aromatic N) is 2. The molecule has 92 valence electrons. The third-order valence-corrected chi connectivity index (χ3v) is 4.49.